The number of aryl methyl sites for hydroxylation is 1. The van der Waals surface area contributed by atoms with Gasteiger partial charge in [0.25, 0.3) is 0 Å². The van der Waals surface area contributed by atoms with Crippen LogP contribution in [0.4, 0.5) is 0 Å². The van der Waals surface area contributed by atoms with Gasteiger partial charge in [0.2, 0.25) is 0 Å². The van der Waals surface area contributed by atoms with E-state index >= 15 is 0 Å². The Morgan fingerprint density at radius 2 is 1.58 bits per heavy atom. The molecule has 2 N–H and O–H groups in total. The molecule has 0 bridgehead atoms. The molecule has 19 heavy (non-hydrogen) atoms. The first-order valence-corrected chi connectivity index (χ1v) is 7.50. The number of phenolic OH excluding ortho intramolecular Hbond substituents is 2. The van der Waals surface area contributed by atoms with Gasteiger partial charge in [-0.15, -0.1) is 0 Å². The number of hydrogen-bond donors (Lipinski definition) is 2. The summed E-state index contributed by atoms with van der Waals surface area (Å²) in [6.07, 6.45) is 5.37. The topological polar surface area (TPSA) is 40.5 Å². The van der Waals surface area contributed by atoms with E-state index in [1.54, 1.807) is 0 Å². The Morgan fingerprint density at radius 1 is 1.00 bits per heavy atom. The Kier molecular flexibility index (Phi) is 6.20. The van der Waals surface area contributed by atoms with Gasteiger partial charge in [0.15, 0.2) is 0 Å². The molecule has 1 atom stereocenters. The number of aromatic hydroxyl groups is 2. The Balaban J connectivity index is 2.84. The Morgan fingerprint density at radius 3 is 2.05 bits per heavy atom. The molecule has 1 unspecified atom stereocenters. The Bertz CT molecular complexity index is 373. The molecule has 0 heterocycles. The molecule has 0 amide bonds. The summed E-state index contributed by atoms with van der Waals surface area (Å²) in [5, 5.41) is 20.3. The van der Waals surface area contributed by atoms with E-state index < -0.39 is 0 Å². The molecule has 0 aromatic heterocycles. The smallest absolute Gasteiger partial charge is 0.123 e. The number of rotatable bonds is 7. The molecule has 1 aromatic rings. The molecule has 0 saturated heterocycles. The molecule has 1 aromatic carbocycles. The van der Waals surface area contributed by atoms with Crippen molar-refractivity contribution in [3.63, 3.8) is 0 Å². The van der Waals surface area contributed by atoms with Gasteiger partial charge in [-0.2, -0.15) is 0 Å². The molecular weight excluding hydrogens is 236 g/mol. The van der Waals surface area contributed by atoms with Crippen LogP contribution in [0.25, 0.3) is 0 Å². The number of benzene rings is 1. The van der Waals surface area contributed by atoms with Crippen LogP contribution in [0.1, 0.15) is 70.4 Å². The maximum absolute atomic E-state index is 10.2. The fourth-order valence-electron chi connectivity index (χ4n) is 2.73. The second-order valence-corrected chi connectivity index (χ2v) is 6.04. The highest BCUT2D eigenvalue weighted by Crippen LogP contribution is 2.38. The fourth-order valence-corrected chi connectivity index (χ4v) is 2.73. The predicted molar refractivity (Wildman–Crippen MR) is 80.9 cm³/mol. The first-order chi connectivity index (χ1) is 8.95. The predicted octanol–water partition coefficient (Wildman–Crippen LogP) is 4.98. The van der Waals surface area contributed by atoms with Crippen LogP contribution >= 0.6 is 0 Å². The van der Waals surface area contributed by atoms with Crippen molar-refractivity contribution in [2.75, 3.05) is 0 Å². The van der Waals surface area contributed by atoms with Crippen LogP contribution in [0.2, 0.25) is 0 Å². The van der Waals surface area contributed by atoms with Crippen molar-refractivity contribution in [3.8, 4) is 11.5 Å². The third-order valence-electron chi connectivity index (χ3n) is 3.58. The molecular formula is C17H28O2. The molecule has 2 heteroatoms. The van der Waals surface area contributed by atoms with Crippen LogP contribution in [0.5, 0.6) is 11.5 Å². The lowest BCUT2D eigenvalue weighted by Gasteiger charge is -2.18. The minimum Gasteiger partial charge on any atom is -0.508 e. The monoisotopic (exact) mass is 264 g/mol. The van der Waals surface area contributed by atoms with E-state index in [1.807, 2.05) is 12.1 Å². The van der Waals surface area contributed by atoms with Gasteiger partial charge >= 0.3 is 0 Å². The largest absolute Gasteiger partial charge is 0.508 e. The zero-order valence-electron chi connectivity index (χ0n) is 12.7. The molecule has 1 rings (SSSR count). The SMILES string of the molecule is CCCCCc1cc(O)c(C(C)CC(C)C)c(O)c1. The van der Waals surface area contributed by atoms with Crippen LogP contribution in [0, 0.1) is 5.92 Å². The molecule has 0 aliphatic carbocycles. The molecule has 0 fully saturated rings. The van der Waals surface area contributed by atoms with Crippen molar-refractivity contribution in [3.05, 3.63) is 23.3 Å². The van der Waals surface area contributed by atoms with Crippen molar-refractivity contribution in [2.45, 2.75) is 65.7 Å². The minimum atomic E-state index is 0.185. The average molecular weight is 264 g/mol. The molecule has 0 saturated carbocycles. The third-order valence-corrected chi connectivity index (χ3v) is 3.58. The van der Waals surface area contributed by atoms with E-state index in [2.05, 4.69) is 27.7 Å². The summed E-state index contributed by atoms with van der Waals surface area (Å²) in [4.78, 5) is 0. The quantitative estimate of drug-likeness (QED) is 0.682. The first-order valence-electron chi connectivity index (χ1n) is 7.50. The highest BCUT2D eigenvalue weighted by molar-refractivity contribution is 5.48. The lowest BCUT2D eigenvalue weighted by molar-refractivity contribution is 0.416. The molecule has 0 aliphatic rings. The van der Waals surface area contributed by atoms with Gasteiger partial charge in [-0.1, -0.05) is 40.5 Å². The van der Waals surface area contributed by atoms with E-state index in [4.69, 9.17) is 0 Å². The van der Waals surface area contributed by atoms with Crippen molar-refractivity contribution in [2.24, 2.45) is 5.92 Å². The van der Waals surface area contributed by atoms with Gasteiger partial charge in [-0.05, 0) is 48.8 Å². The van der Waals surface area contributed by atoms with Crippen molar-refractivity contribution >= 4 is 0 Å². The fraction of sp³-hybridized carbons (Fsp3) is 0.647. The van der Waals surface area contributed by atoms with Gasteiger partial charge in [0.05, 0.1) is 0 Å². The van der Waals surface area contributed by atoms with Crippen LogP contribution < -0.4 is 0 Å². The summed E-state index contributed by atoms with van der Waals surface area (Å²) in [7, 11) is 0. The van der Waals surface area contributed by atoms with E-state index in [-0.39, 0.29) is 17.4 Å². The maximum Gasteiger partial charge on any atom is 0.123 e. The summed E-state index contributed by atoms with van der Waals surface area (Å²) in [6.45, 7) is 8.55. The summed E-state index contributed by atoms with van der Waals surface area (Å²) < 4.78 is 0. The van der Waals surface area contributed by atoms with Gasteiger partial charge in [-0.3, -0.25) is 0 Å². The summed E-state index contributed by atoms with van der Waals surface area (Å²) in [5.74, 6) is 1.24. The van der Waals surface area contributed by atoms with Crippen LogP contribution in [-0.2, 0) is 6.42 Å². The average Bonchev–Trinajstić information content (AvgIpc) is 2.27. The number of unbranched alkanes of at least 4 members (excludes halogenated alkanes) is 2. The van der Waals surface area contributed by atoms with Gasteiger partial charge in [-0.25, -0.2) is 0 Å². The van der Waals surface area contributed by atoms with Crippen LogP contribution in [0.3, 0.4) is 0 Å². The van der Waals surface area contributed by atoms with E-state index in [9.17, 15) is 10.2 Å². The molecule has 0 radical (unpaired) electrons. The second kappa shape index (κ2) is 7.42. The second-order valence-electron chi connectivity index (χ2n) is 6.04. The molecule has 0 spiro atoms. The van der Waals surface area contributed by atoms with E-state index in [0.717, 1.165) is 24.8 Å². The lowest BCUT2D eigenvalue weighted by Crippen LogP contribution is -2.00. The number of phenols is 2. The summed E-state index contributed by atoms with van der Waals surface area (Å²) in [6, 6.07) is 3.64. The number of hydrogen-bond acceptors (Lipinski definition) is 2. The summed E-state index contributed by atoms with van der Waals surface area (Å²) in [5.41, 5.74) is 1.73. The van der Waals surface area contributed by atoms with Crippen molar-refractivity contribution in [1.29, 1.82) is 0 Å². The van der Waals surface area contributed by atoms with Gasteiger partial charge < -0.3 is 10.2 Å². The molecule has 0 aliphatic heterocycles. The normalized spacial score (nSPS) is 12.9. The Labute approximate surface area is 117 Å². The van der Waals surface area contributed by atoms with Crippen LogP contribution in [-0.4, -0.2) is 10.2 Å². The van der Waals surface area contributed by atoms with Gasteiger partial charge in [0, 0.05) is 5.56 Å². The van der Waals surface area contributed by atoms with E-state index in [1.165, 1.54) is 12.8 Å². The van der Waals surface area contributed by atoms with Crippen molar-refractivity contribution < 1.29 is 10.2 Å². The first kappa shape index (κ1) is 15.9. The lowest BCUT2D eigenvalue weighted by atomic mass is 9.89. The third kappa shape index (κ3) is 4.77. The molecule has 2 nitrogen and oxygen atoms in total. The maximum atomic E-state index is 10.2. The van der Waals surface area contributed by atoms with Crippen molar-refractivity contribution in [1.82, 2.24) is 0 Å². The highest BCUT2D eigenvalue weighted by Gasteiger charge is 2.17. The standard InChI is InChI=1S/C17H28O2/c1-5-6-7-8-14-10-15(18)17(16(19)11-14)13(4)9-12(2)3/h10-13,18-19H,5-9H2,1-4H3. The minimum absolute atomic E-state index is 0.185. The zero-order chi connectivity index (χ0) is 14.4. The zero-order valence-corrected chi connectivity index (χ0v) is 12.7. The highest BCUT2D eigenvalue weighted by atomic mass is 16.3. The van der Waals surface area contributed by atoms with E-state index in [0.29, 0.717) is 11.5 Å². The van der Waals surface area contributed by atoms with Crippen LogP contribution in [0.15, 0.2) is 12.1 Å². The Hall–Kier alpha value is -1.18. The molecule has 108 valence electrons. The van der Waals surface area contributed by atoms with Gasteiger partial charge in [0.1, 0.15) is 11.5 Å². The summed E-state index contributed by atoms with van der Waals surface area (Å²) >= 11 is 0.